The third-order valence-electron chi connectivity index (χ3n) is 3.75. The predicted molar refractivity (Wildman–Crippen MR) is 88.3 cm³/mol. The second kappa shape index (κ2) is 8.39. The summed E-state index contributed by atoms with van der Waals surface area (Å²) in [6, 6.07) is 5.23. The van der Waals surface area contributed by atoms with Gasteiger partial charge in [0.05, 0.1) is 11.7 Å². The molecule has 0 heterocycles. The summed E-state index contributed by atoms with van der Waals surface area (Å²) in [5.41, 5.74) is 6.86. The van der Waals surface area contributed by atoms with Crippen LogP contribution in [0.25, 0.3) is 0 Å². The highest BCUT2D eigenvalue weighted by molar-refractivity contribution is 9.10. The highest BCUT2D eigenvalue weighted by atomic mass is 79.9. The molecule has 1 aromatic carbocycles. The van der Waals surface area contributed by atoms with Gasteiger partial charge in [0.15, 0.2) is 0 Å². The Morgan fingerprint density at radius 3 is 2.86 bits per heavy atom. The molecule has 1 saturated carbocycles. The smallest absolute Gasteiger partial charge is 0.252 e. The Bertz CT molecular complexity index is 473. The monoisotopic (exact) mass is 354 g/mol. The number of carbonyl (C=O) groups is 1. The number of halogens is 1. The first-order chi connectivity index (χ1) is 10.2. The molecule has 0 unspecified atom stereocenters. The number of carbonyl (C=O) groups excluding carboxylic acids is 1. The summed E-state index contributed by atoms with van der Waals surface area (Å²) in [5, 5.41) is 2.90. The number of benzene rings is 1. The Morgan fingerprint density at radius 1 is 1.33 bits per heavy atom. The van der Waals surface area contributed by atoms with E-state index in [4.69, 9.17) is 10.5 Å². The SMILES string of the molecule is Nc1ccc(Br)c(C(=O)NCCCOC2CCCCC2)c1. The highest BCUT2D eigenvalue weighted by Gasteiger charge is 2.13. The first-order valence-corrected chi connectivity index (χ1v) is 8.41. The van der Waals surface area contributed by atoms with Crippen LogP contribution in [-0.2, 0) is 4.74 Å². The Balaban J connectivity index is 1.66. The summed E-state index contributed by atoms with van der Waals surface area (Å²) in [5.74, 6) is -0.105. The van der Waals surface area contributed by atoms with Crippen LogP contribution in [0.3, 0.4) is 0 Å². The van der Waals surface area contributed by atoms with E-state index in [0.717, 1.165) is 10.9 Å². The Kier molecular flexibility index (Phi) is 6.51. The number of rotatable bonds is 6. The summed E-state index contributed by atoms with van der Waals surface area (Å²) in [7, 11) is 0. The molecule has 0 spiro atoms. The molecule has 0 saturated heterocycles. The first-order valence-electron chi connectivity index (χ1n) is 7.61. The van der Waals surface area contributed by atoms with Crippen LogP contribution in [0.4, 0.5) is 5.69 Å². The molecular weight excluding hydrogens is 332 g/mol. The molecule has 0 radical (unpaired) electrons. The third-order valence-corrected chi connectivity index (χ3v) is 4.44. The van der Waals surface area contributed by atoms with Gasteiger partial charge >= 0.3 is 0 Å². The molecule has 116 valence electrons. The number of hydrogen-bond donors (Lipinski definition) is 2. The van der Waals surface area contributed by atoms with Crippen molar-refractivity contribution in [2.75, 3.05) is 18.9 Å². The van der Waals surface area contributed by atoms with Gasteiger partial charge in [0.25, 0.3) is 5.91 Å². The van der Waals surface area contributed by atoms with Gasteiger partial charge in [-0.15, -0.1) is 0 Å². The van der Waals surface area contributed by atoms with Gasteiger partial charge in [-0.3, -0.25) is 4.79 Å². The van der Waals surface area contributed by atoms with Crippen LogP contribution in [0.15, 0.2) is 22.7 Å². The molecule has 1 fully saturated rings. The summed E-state index contributed by atoms with van der Waals surface area (Å²) in [6.45, 7) is 1.33. The van der Waals surface area contributed by atoms with Crippen molar-refractivity contribution in [3.8, 4) is 0 Å². The van der Waals surface area contributed by atoms with E-state index in [0.29, 0.717) is 30.5 Å². The van der Waals surface area contributed by atoms with E-state index >= 15 is 0 Å². The summed E-state index contributed by atoms with van der Waals surface area (Å²) in [4.78, 5) is 12.0. The van der Waals surface area contributed by atoms with Crippen molar-refractivity contribution >= 4 is 27.5 Å². The van der Waals surface area contributed by atoms with E-state index in [-0.39, 0.29) is 5.91 Å². The quantitative estimate of drug-likeness (QED) is 0.606. The van der Waals surface area contributed by atoms with E-state index < -0.39 is 0 Å². The second-order valence-corrected chi connectivity index (χ2v) is 6.33. The Morgan fingerprint density at radius 2 is 2.10 bits per heavy atom. The molecule has 0 bridgehead atoms. The maximum absolute atomic E-state index is 12.0. The minimum atomic E-state index is -0.105. The van der Waals surface area contributed by atoms with E-state index in [2.05, 4.69) is 21.2 Å². The standard InChI is InChI=1S/C16H23BrN2O2/c17-15-8-7-12(18)11-14(15)16(20)19-9-4-10-21-13-5-2-1-3-6-13/h7-8,11,13H,1-6,9-10,18H2,(H,19,20). The lowest BCUT2D eigenvalue weighted by Gasteiger charge is -2.21. The number of amides is 1. The zero-order valence-corrected chi connectivity index (χ0v) is 13.8. The molecule has 0 atom stereocenters. The van der Waals surface area contributed by atoms with Crippen molar-refractivity contribution in [3.05, 3.63) is 28.2 Å². The molecule has 5 heteroatoms. The van der Waals surface area contributed by atoms with Crippen molar-refractivity contribution in [3.63, 3.8) is 0 Å². The molecule has 3 N–H and O–H groups in total. The van der Waals surface area contributed by atoms with Gasteiger partial charge in [-0.05, 0) is 53.4 Å². The number of ether oxygens (including phenoxy) is 1. The van der Waals surface area contributed by atoms with Crippen LogP contribution >= 0.6 is 15.9 Å². The van der Waals surface area contributed by atoms with Gasteiger partial charge in [0, 0.05) is 23.3 Å². The molecule has 1 aliphatic rings. The average Bonchev–Trinajstić information content (AvgIpc) is 2.50. The molecule has 2 rings (SSSR count). The number of nitrogen functional groups attached to an aromatic ring is 1. The minimum Gasteiger partial charge on any atom is -0.399 e. The van der Waals surface area contributed by atoms with E-state index in [1.165, 1.54) is 32.1 Å². The Hall–Kier alpha value is -1.07. The van der Waals surface area contributed by atoms with Crippen LogP contribution in [0.1, 0.15) is 48.9 Å². The third kappa shape index (κ3) is 5.32. The van der Waals surface area contributed by atoms with Crippen molar-refractivity contribution in [1.29, 1.82) is 0 Å². The normalized spacial score (nSPS) is 15.9. The predicted octanol–water partition coefficient (Wildman–Crippen LogP) is 3.50. The second-order valence-electron chi connectivity index (χ2n) is 5.48. The zero-order chi connectivity index (χ0) is 15.1. The maximum atomic E-state index is 12.0. The van der Waals surface area contributed by atoms with Crippen LogP contribution in [0.5, 0.6) is 0 Å². The van der Waals surface area contributed by atoms with Crippen molar-refractivity contribution < 1.29 is 9.53 Å². The molecule has 0 aliphatic heterocycles. The molecule has 1 aromatic rings. The highest BCUT2D eigenvalue weighted by Crippen LogP contribution is 2.20. The van der Waals surface area contributed by atoms with Crippen LogP contribution in [-0.4, -0.2) is 25.2 Å². The van der Waals surface area contributed by atoms with Gasteiger partial charge in [-0.1, -0.05) is 19.3 Å². The van der Waals surface area contributed by atoms with Crippen LogP contribution < -0.4 is 11.1 Å². The number of nitrogens with two attached hydrogens (primary N) is 1. The van der Waals surface area contributed by atoms with Crippen molar-refractivity contribution in [2.24, 2.45) is 0 Å². The fourth-order valence-corrected chi connectivity index (χ4v) is 2.99. The maximum Gasteiger partial charge on any atom is 0.252 e. The molecule has 0 aromatic heterocycles. The topological polar surface area (TPSA) is 64.4 Å². The van der Waals surface area contributed by atoms with Gasteiger partial charge in [0.1, 0.15) is 0 Å². The lowest BCUT2D eigenvalue weighted by atomic mass is 9.98. The largest absolute Gasteiger partial charge is 0.399 e. The van der Waals surface area contributed by atoms with Gasteiger partial charge in [-0.25, -0.2) is 0 Å². The molecular formula is C16H23BrN2O2. The van der Waals surface area contributed by atoms with Crippen LogP contribution in [0.2, 0.25) is 0 Å². The van der Waals surface area contributed by atoms with E-state index in [1.54, 1.807) is 18.2 Å². The lowest BCUT2D eigenvalue weighted by Crippen LogP contribution is -2.26. The van der Waals surface area contributed by atoms with Gasteiger partial charge in [-0.2, -0.15) is 0 Å². The van der Waals surface area contributed by atoms with Crippen molar-refractivity contribution in [1.82, 2.24) is 5.32 Å². The fourth-order valence-electron chi connectivity index (χ4n) is 2.57. The molecule has 4 nitrogen and oxygen atoms in total. The summed E-state index contributed by atoms with van der Waals surface area (Å²) in [6.07, 6.45) is 7.53. The molecule has 21 heavy (non-hydrogen) atoms. The molecule has 1 amide bonds. The van der Waals surface area contributed by atoms with Crippen LogP contribution in [0, 0.1) is 0 Å². The zero-order valence-electron chi connectivity index (χ0n) is 12.2. The first kappa shape index (κ1) is 16.3. The summed E-state index contributed by atoms with van der Waals surface area (Å²) >= 11 is 3.36. The molecule has 1 aliphatic carbocycles. The van der Waals surface area contributed by atoms with Gasteiger partial charge < -0.3 is 15.8 Å². The van der Waals surface area contributed by atoms with Crippen molar-refractivity contribution in [2.45, 2.75) is 44.6 Å². The number of anilines is 1. The fraction of sp³-hybridized carbons (Fsp3) is 0.562. The minimum absolute atomic E-state index is 0.105. The summed E-state index contributed by atoms with van der Waals surface area (Å²) < 4.78 is 6.59. The van der Waals surface area contributed by atoms with Gasteiger partial charge in [0.2, 0.25) is 0 Å². The van der Waals surface area contributed by atoms with E-state index in [1.807, 2.05) is 0 Å². The average molecular weight is 355 g/mol. The lowest BCUT2D eigenvalue weighted by molar-refractivity contribution is 0.0273. The van der Waals surface area contributed by atoms with E-state index in [9.17, 15) is 4.79 Å². The number of nitrogens with one attached hydrogen (secondary N) is 1. The Labute approximate surface area is 134 Å². The number of hydrogen-bond acceptors (Lipinski definition) is 3.